The van der Waals surface area contributed by atoms with Crippen molar-refractivity contribution in [3.8, 4) is 11.3 Å². The molecule has 0 spiro atoms. The van der Waals surface area contributed by atoms with Crippen LogP contribution in [0.5, 0.6) is 0 Å². The Morgan fingerprint density at radius 2 is 1.69 bits per heavy atom. The summed E-state index contributed by atoms with van der Waals surface area (Å²) in [4.78, 5) is 34.6. The van der Waals surface area contributed by atoms with Gasteiger partial charge in [0.25, 0.3) is 11.8 Å². The van der Waals surface area contributed by atoms with Crippen molar-refractivity contribution in [3.05, 3.63) is 59.1 Å². The molecule has 0 aliphatic carbocycles. The Morgan fingerprint density at radius 3 is 2.38 bits per heavy atom. The van der Waals surface area contributed by atoms with Crippen LogP contribution in [0.15, 0.2) is 45.4 Å². The smallest absolute Gasteiger partial charge is 0.296 e. The lowest BCUT2D eigenvalue weighted by Crippen LogP contribution is -2.25. The van der Waals surface area contributed by atoms with Crippen molar-refractivity contribution in [2.45, 2.75) is 19.8 Å². The molecule has 29 heavy (non-hydrogen) atoms. The summed E-state index contributed by atoms with van der Waals surface area (Å²) in [6.45, 7) is 1.75. The number of nitrogens with one attached hydrogen (secondary N) is 2. The van der Waals surface area contributed by atoms with Crippen LogP contribution in [0.25, 0.3) is 11.3 Å². The molecule has 150 valence electrons. The standard InChI is InChI=1S/C19H18N4O6/c1-11(24)8-12-2-4-13(5-3-12)17-10-16(23-29-17)18(25)20-7-6-14-9-15(22-28-14)19(26)21-27/h2-5,9-10,27H,6-8H2,1H3,(H,20,25)(H,21,26). The van der Waals surface area contributed by atoms with Crippen LogP contribution in [0.2, 0.25) is 0 Å². The average molecular weight is 398 g/mol. The maximum atomic E-state index is 12.2. The first kappa shape index (κ1) is 20.0. The van der Waals surface area contributed by atoms with Crippen molar-refractivity contribution in [2.24, 2.45) is 0 Å². The predicted octanol–water partition coefficient (Wildman–Crippen LogP) is 1.55. The van der Waals surface area contributed by atoms with E-state index in [2.05, 4.69) is 15.6 Å². The highest BCUT2D eigenvalue weighted by Gasteiger charge is 2.15. The second-order valence-electron chi connectivity index (χ2n) is 6.28. The van der Waals surface area contributed by atoms with E-state index in [4.69, 9.17) is 14.3 Å². The van der Waals surface area contributed by atoms with Crippen LogP contribution in [0, 0.1) is 0 Å². The number of rotatable bonds is 8. The van der Waals surface area contributed by atoms with E-state index >= 15 is 0 Å². The molecule has 3 rings (SSSR count). The third-order valence-electron chi connectivity index (χ3n) is 3.98. The number of hydroxylamine groups is 1. The molecule has 10 nitrogen and oxygen atoms in total. The maximum Gasteiger partial charge on any atom is 0.296 e. The first-order valence-electron chi connectivity index (χ1n) is 8.70. The molecule has 0 aliphatic rings. The molecule has 3 N–H and O–H groups in total. The Bertz CT molecular complexity index is 1020. The highest BCUT2D eigenvalue weighted by atomic mass is 16.5. The highest BCUT2D eigenvalue weighted by Crippen LogP contribution is 2.21. The summed E-state index contributed by atoms with van der Waals surface area (Å²) in [5, 5.41) is 18.5. The Balaban J connectivity index is 1.54. The van der Waals surface area contributed by atoms with Gasteiger partial charge in [0.1, 0.15) is 11.5 Å². The van der Waals surface area contributed by atoms with Gasteiger partial charge in [0, 0.05) is 37.1 Å². The Morgan fingerprint density at radius 1 is 1.00 bits per heavy atom. The lowest BCUT2D eigenvalue weighted by Gasteiger charge is -2.00. The molecule has 10 heteroatoms. The first-order chi connectivity index (χ1) is 14.0. The third-order valence-corrected chi connectivity index (χ3v) is 3.98. The summed E-state index contributed by atoms with van der Waals surface area (Å²) in [5.41, 5.74) is 3.13. The van der Waals surface area contributed by atoms with Crippen LogP contribution < -0.4 is 10.8 Å². The summed E-state index contributed by atoms with van der Waals surface area (Å²) < 4.78 is 10.2. The van der Waals surface area contributed by atoms with E-state index in [1.54, 1.807) is 12.1 Å². The van der Waals surface area contributed by atoms with Crippen LogP contribution in [0.1, 0.15) is 39.2 Å². The van der Waals surface area contributed by atoms with Crippen molar-refractivity contribution in [3.63, 3.8) is 0 Å². The van der Waals surface area contributed by atoms with Crippen molar-refractivity contribution < 1.29 is 28.6 Å². The van der Waals surface area contributed by atoms with E-state index in [9.17, 15) is 14.4 Å². The molecule has 1 aromatic carbocycles. The first-order valence-corrected chi connectivity index (χ1v) is 8.70. The Kier molecular flexibility index (Phi) is 6.15. The molecule has 0 radical (unpaired) electrons. The number of carbonyl (C=O) groups excluding carboxylic acids is 3. The lowest BCUT2D eigenvalue weighted by molar-refractivity contribution is -0.116. The van der Waals surface area contributed by atoms with E-state index in [-0.39, 0.29) is 23.7 Å². The zero-order valence-electron chi connectivity index (χ0n) is 15.5. The van der Waals surface area contributed by atoms with Crippen LogP contribution in [0.4, 0.5) is 0 Å². The molecule has 2 aromatic heterocycles. The normalized spacial score (nSPS) is 10.6. The molecule has 0 saturated carbocycles. The van der Waals surface area contributed by atoms with Crippen LogP contribution in [0.3, 0.4) is 0 Å². The van der Waals surface area contributed by atoms with Crippen molar-refractivity contribution in [1.29, 1.82) is 0 Å². The number of Topliss-reactive ketones (excluding diaryl/α,β-unsaturated/α-hetero) is 1. The second-order valence-corrected chi connectivity index (χ2v) is 6.28. The number of carbonyl (C=O) groups is 3. The lowest BCUT2D eigenvalue weighted by atomic mass is 10.1. The van der Waals surface area contributed by atoms with Gasteiger partial charge in [0.15, 0.2) is 17.1 Å². The SMILES string of the molecule is CC(=O)Cc1ccc(-c2cc(C(=O)NCCc3cc(C(=O)NO)no3)no2)cc1. The number of hydrogen-bond acceptors (Lipinski definition) is 8. The molecule has 0 unspecified atom stereocenters. The van der Waals surface area contributed by atoms with Crippen molar-refractivity contribution in [1.82, 2.24) is 21.1 Å². The van der Waals surface area contributed by atoms with Crippen LogP contribution >= 0.6 is 0 Å². The minimum Gasteiger partial charge on any atom is -0.361 e. The number of hydrogen-bond donors (Lipinski definition) is 3. The maximum absolute atomic E-state index is 12.2. The third kappa shape index (κ3) is 5.14. The average Bonchev–Trinajstić information content (AvgIpc) is 3.37. The minimum atomic E-state index is -0.784. The van der Waals surface area contributed by atoms with Gasteiger partial charge in [-0.1, -0.05) is 34.6 Å². The topological polar surface area (TPSA) is 148 Å². The largest absolute Gasteiger partial charge is 0.361 e. The van der Waals surface area contributed by atoms with Gasteiger partial charge in [0.05, 0.1) is 0 Å². The number of amides is 2. The van der Waals surface area contributed by atoms with Gasteiger partial charge in [-0.2, -0.15) is 0 Å². The second kappa shape index (κ2) is 8.93. The van der Waals surface area contributed by atoms with Crippen LogP contribution in [-0.2, 0) is 17.6 Å². The molecule has 0 fully saturated rings. The molecule has 2 heterocycles. The van der Waals surface area contributed by atoms with Crippen LogP contribution in [-0.4, -0.2) is 39.7 Å². The van der Waals surface area contributed by atoms with E-state index in [0.29, 0.717) is 24.4 Å². The summed E-state index contributed by atoms with van der Waals surface area (Å²) in [7, 11) is 0. The quantitative estimate of drug-likeness (QED) is 0.382. The van der Waals surface area contributed by atoms with Gasteiger partial charge in [-0.25, -0.2) is 5.48 Å². The Labute approximate surface area is 164 Å². The molecule has 2 amide bonds. The van der Waals surface area contributed by atoms with Gasteiger partial charge in [-0.3, -0.25) is 19.6 Å². The Hall–Kier alpha value is -3.79. The summed E-state index contributed by atoms with van der Waals surface area (Å²) in [5.74, 6) is -0.334. The van der Waals surface area contributed by atoms with E-state index in [1.807, 2.05) is 12.1 Å². The summed E-state index contributed by atoms with van der Waals surface area (Å²) in [6, 6.07) is 10.1. The van der Waals surface area contributed by atoms with Gasteiger partial charge in [0.2, 0.25) is 0 Å². The molecule has 0 aliphatic heterocycles. The minimum absolute atomic E-state index is 0.0655. The molecular weight excluding hydrogens is 380 g/mol. The predicted molar refractivity (Wildman–Crippen MR) is 98.1 cm³/mol. The number of ketones is 1. The number of aromatic nitrogens is 2. The molecular formula is C19H18N4O6. The van der Waals surface area contributed by atoms with Gasteiger partial charge in [-0.05, 0) is 12.5 Å². The number of nitrogens with zero attached hydrogens (tertiary/aromatic N) is 2. The fraction of sp³-hybridized carbons (Fsp3) is 0.211. The number of benzene rings is 1. The van der Waals surface area contributed by atoms with Gasteiger partial charge >= 0.3 is 0 Å². The summed E-state index contributed by atoms with van der Waals surface area (Å²) in [6.07, 6.45) is 0.654. The highest BCUT2D eigenvalue weighted by molar-refractivity contribution is 5.93. The van der Waals surface area contributed by atoms with Gasteiger partial charge < -0.3 is 14.4 Å². The van der Waals surface area contributed by atoms with Crippen molar-refractivity contribution >= 4 is 17.6 Å². The monoisotopic (exact) mass is 398 g/mol. The fourth-order valence-electron chi connectivity index (χ4n) is 2.58. The van der Waals surface area contributed by atoms with E-state index < -0.39 is 11.8 Å². The molecule has 0 bridgehead atoms. The molecule has 0 atom stereocenters. The van der Waals surface area contributed by atoms with E-state index in [1.165, 1.54) is 24.5 Å². The fourth-order valence-corrected chi connectivity index (χ4v) is 2.58. The molecule has 0 saturated heterocycles. The zero-order chi connectivity index (χ0) is 20.8. The summed E-state index contributed by atoms with van der Waals surface area (Å²) >= 11 is 0. The van der Waals surface area contributed by atoms with Crippen molar-refractivity contribution in [2.75, 3.05) is 6.54 Å². The van der Waals surface area contributed by atoms with E-state index in [0.717, 1.165) is 11.1 Å². The molecule has 3 aromatic rings. The van der Waals surface area contributed by atoms with Gasteiger partial charge in [-0.15, -0.1) is 0 Å². The zero-order valence-corrected chi connectivity index (χ0v) is 15.5.